The van der Waals surface area contributed by atoms with E-state index >= 15 is 0 Å². The lowest BCUT2D eigenvalue weighted by atomic mass is 10.1. The molecule has 1 aromatic rings. The summed E-state index contributed by atoms with van der Waals surface area (Å²) < 4.78 is 12.9. The van der Waals surface area contributed by atoms with E-state index in [0.717, 1.165) is 6.07 Å². The van der Waals surface area contributed by atoms with E-state index in [4.69, 9.17) is 16.7 Å². The van der Waals surface area contributed by atoms with Crippen LogP contribution in [0.5, 0.6) is 0 Å². The van der Waals surface area contributed by atoms with Gasteiger partial charge in [-0.15, -0.1) is 0 Å². The van der Waals surface area contributed by atoms with Crippen LogP contribution < -0.4 is 5.32 Å². The molecule has 1 amide bonds. The number of carbonyl (C=O) groups is 1. The average molecular weight is 288 g/mol. The monoisotopic (exact) mass is 287 g/mol. The first kappa shape index (κ1) is 14.2. The molecule has 0 saturated heterocycles. The zero-order valence-electron chi connectivity index (χ0n) is 10.1. The van der Waals surface area contributed by atoms with Gasteiger partial charge in [-0.2, -0.15) is 0 Å². The Balaban J connectivity index is 2.02. The van der Waals surface area contributed by atoms with Crippen molar-refractivity contribution in [2.24, 2.45) is 5.92 Å². The minimum atomic E-state index is -0.612. The van der Waals surface area contributed by atoms with Gasteiger partial charge in [-0.3, -0.25) is 4.79 Å². The molecule has 1 aromatic carbocycles. The van der Waals surface area contributed by atoms with Crippen molar-refractivity contribution in [2.75, 3.05) is 6.61 Å². The molecule has 3 atom stereocenters. The third-order valence-electron chi connectivity index (χ3n) is 3.40. The van der Waals surface area contributed by atoms with E-state index < -0.39 is 17.8 Å². The average Bonchev–Trinajstić information content (AvgIpc) is 2.69. The van der Waals surface area contributed by atoms with E-state index in [1.54, 1.807) is 0 Å². The molecule has 104 valence electrons. The van der Waals surface area contributed by atoms with Crippen LogP contribution in [0.2, 0.25) is 5.02 Å². The van der Waals surface area contributed by atoms with Gasteiger partial charge in [-0.05, 0) is 31.0 Å². The van der Waals surface area contributed by atoms with Gasteiger partial charge in [0.05, 0.1) is 16.7 Å². The minimum Gasteiger partial charge on any atom is -0.396 e. The summed E-state index contributed by atoms with van der Waals surface area (Å²) in [5.41, 5.74) is 0.199. The lowest BCUT2D eigenvalue weighted by molar-refractivity contribution is 0.0903. The van der Waals surface area contributed by atoms with Crippen molar-refractivity contribution >= 4 is 17.5 Å². The molecule has 0 unspecified atom stereocenters. The maximum absolute atomic E-state index is 12.9. The Morgan fingerprint density at radius 3 is 2.79 bits per heavy atom. The number of benzene rings is 1. The largest absolute Gasteiger partial charge is 0.396 e. The maximum Gasteiger partial charge on any atom is 0.253 e. The summed E-state index contributed by atoms with van der Waals surface area (Å²) in [5, 5.41) is 21.5. The fraction of sp³-hybridized carbons (Fsp3) is 0.462. The number of aliphatic hydroxyl groups excluding tert-OH is 2. The Hall–Kier alpha value is -1.17. The Morgan fingerprint density at radius 1 is 1.47 bits per heavy atom. The SMILES string of the molecule is O=C(N[C@H]1C[C@H](CO)[C@H](O)C1)c1ccc(F)cc1Cl. The van der Waals surface area contributed by atoms with Crippen molar-refractivity contribution < 1.29 is 19.4 Å². The first-order valence-corrected chi connectivity index (χ1v) is 6.44. The van der Waals surface area contributed by atoms with Gasteiger partial charge in [0, 0.05) is 18.6 Å². The zero-order valence-corrected chi connectivity index (χ0v) is 10.9. The van der Waals surface area contributed by atoms with Gasteiger partial charge in [-0.1, -0.05) is 11.6 Å². The molecule has 6 heteroatoms. The number of nitrogens with one attached hydrogen (secondary N) is 1. The van der Waals surface area contributed by atoms with Crippen molar-refractivity contribution in [3.05, 3.63) is 34.6 Å². The molecule has 0 bridgehead atoms. The van der Waals surface area contributed by atoms with Gasteiger partial charge in [0.15, 0.2) is 0 Å². The first-order chi connectivity index (χ1) is 9.01. The summed E-state index contributed by atoms with van der Waals surface area (Å²) in [6.07, 6.45) is 0.303. The number of hydrogen-bond donors (Lipinski definition) is 3. The van der Waals surface area contributed by atoms with Crippen molar-refractivity contribution in [1.29, 1.82) is 0 Å². The fourth-order valence-electron chi connectivity index (χ4n) is 2.35. The summed E-state index contributed by atoms with van der Waals surface area (Å²) in [4.78, 5) is 12.0. The molecule has 0 radical (unpaired) electrons. The smallest absolute Gasteiger partial charge is 0.253 e. The Bertz CT molecular complexity index is 483. The second kappa shape index (κ2) is 5.86. The predicted molar refractivity (Wildman–Crippen MR) is 68.5 cm³/mol. The second-order valence-corrected chi connectivity index (χ2v) is 5.18. The summed E-state index contributed by atoms with van der Waals surface area (Å²) in [6, 6.07) is 3.36. The highest BCUT2D eigenvalue weighted by Crippen LogP contribution is 2.26. The second-order valence-electron chi connectivity index (χ2n) is 4.78. The van der Waals surface area contributed by atoms with Crippen LogP contribution in [-0.4, -0.2) is 34.9 Å². The van der Waals surface area contributed by atoms with E-state index in [-0.39, 0.29) is 29.2 Å². The standard InChI is InChI=1S/C13H15ClFNO3/c14-11-4-8(15)1-2-10(11)13(19)16-9-3-7(6-17)12(18)5-9/h1-2,4,7,9,12,17-18H,3,5-6H2,(H,16,19)/t7-,9+,12-/m1/s1. The molecule has 1 saturated carbocycles. The molecule has 0 aliphatic heterocycles. The van der Waals surface area contributed by atoms with E-state index in [9.17, 15) is 14.3 Å². The minimum absolute atomic E-state index is 0.0507. The summed E-state index contributed by atoms with van der Waals surface area (Å²) in [6.45, 7) is -0.106. The first-order valence-electron chi connectivity index (χ1n) is 6.06. The van der Waals surface area contributed by atoms with Crippen LogP contribution in [0.4, 0.5) is 4.39 Å². The molecule has 3 N–H and O–H groups in total. The molecule has 2 rings (SSSR count). The Morgan fingerprint density at radius 2 is 2.21 bits per heavy atom. The Kier molecular flexibility index (Phi) is 4.39. The third-order valence-corrected chi connectivity index (χ3v) is 3.72. The van der Waals surface area contributed by atoms with Gasteiger partial charge in [-0.25, -0.2) is 4.39 Å². The number of aliphatic hydroxyl groups is 2. The molecular weight excluding hydrogens is 273 g/mol. The molecule has 19 heavy (non-hydrogen) atoms. The van der Waals surface area contributed by atoms with E-state index in [1.165, 1.54) is 12.1 Å². The van der Waals surface area contributed by atoms with Gasteiger partial charge in [0.1, 0.15) is 5.82 Å². The molecular formula is C13H15ClFNO3. The Labute approximate surface area is 115 Å². The fourth-order valence-corrected chi connectivity index (χ4v) is 2.61. The van der Waals surface area contributed by atoms with Crippen LogP contribution in [-0.2, 0) is 0 Å². The number of rotatable bonds is 3. The molecule has 0 aromatic heterocycles. The zero-order chi connectivity index (χ0) is 14.0. The van der Waals surface area contributed by atoms with Crippen LogP contribution >= 0.6 is 11.6 Å². The van der Waals surface area contributed by atoms with Crippen molar-refractivity contribution in [3.63, 3.8) is 0 Å². The molecule has 0 heterocycles. The lowest BCUT2D eigenvalue weighted by Crippen LogP contribution is -2.33. The molecule has 1 aliphatic carbocycles. The number of halogens is 2. The number of amides is 1. The number of carbonyl (C=O) groups excluding carboxylic acids is 1. The lowest BCUT2D eigenvalue weighted by Gasteiger charge is -2.13. The van der Waals surface area contributed by atoms with Crippen LogP contribution in [0.25, 0.3) is 0 Å². The maximum atomic E-state index is 12.9. The topological polar surface area (TPSA) is 69.6 Å². The third kappa shape index (κ3) is 3.23. The van der Waals surface area contributed by atoms with Crippen molar-refractivity contribution in [3.8, 4) is 0 Å². The van der Waals surface area contributed by atoms with Gasteiger partial charge >= 0.3 is 0 Å². The predicted octanol–water partition coefficient (Wildman–Crippen LogP) is 1.34. The van der Waals surface area contributed by atoms with Crippen LogP contribution in [0, 0.1) is 11.7 Å². The van der Waals surface area contributed by atoms with E-state index in [1.807, 2.05) is 0 Å². The quantitative estimate of drug-likeness (QED) is 0.786. The molecule has 1 aliphatic rings. The van der Waals surface area contributed by atoms with E-state index in [0.29, 0.717) is 12.8 Å². The highest BCUT2D eigenvalue weighted by molar-refractivity contribution is 6.33. The van der Waals surface area contributed by atoms with Crippen molar-refractivity contribution in [1.82, 2.24) is 5.32 Å². The van der Waals surface area contributed by atoms with E-state index in [2.05, 4.69) is 5.32 Å². The van der Waals surface area contributed by atoms with Gasteiger partial charge in [0.25, 0.3) is 5.91 Å². The molecule has 1 fully saturated rings. The highest BCUT2D eigenvalue weighted by Gasteiger charge is 2.33. The van der Waals surface area contributed by atoms with Crippen LogP contribution in [0.1, 0.15) is 23.2 Å². The van der Waals surface area contributed by atoms with Crippen molar-refractivity contribution in [2.45, 2.75) is 25.0 Å². The molecule has 0 spiro atoms. The summed E-state index contributed by atoms with van der Waals surface area (Å²) >= 11 is 5.80. The highest BCUT2D eigenvalue weighted by atomic mass is 35.5. The van der Waals surface area contributed by atoms with Crippen LogP contribution in [0.15, 0.2) is 18.2 Å². The van der Waals surface area contributed by atoms with Gasteiger partial charge < -0.3 is 15.5 Å². The normalized spacial score (nSPS) is 26.4. The van der Waals surface area contributed by atoms with Gasteiger partial charge in [0.2, 0.25) is 0 Å². The number of hydrogen-bond acceptors (Lipinski definition) is 3. The molecule has 4 nitrogen and oxygen atoms in total. The van der Waals surface area contributed by atoms with Crippen LogP contribution in [0.3, 0.4) is 0 Å². The summed E-state index contributed by atoms with van der Waals surface area (Å²) in [7, 11) is 0. The summed E-state index contributed by atoms with van der Waals surface area (Å²) in [5.74, 6) is -1.12.